The Morgan fingerprint density at radius 3 is 1.65 bits per heavy atom. The number of halogens is 3. The summed E-state index contributed by atoms with van der Waals surface area (Å²) in [6.45, 7) is 2.48. The van der Waals surface area contributed by atoms with Gasteiger partial charge >= 0.3 is 6.18 Å². The molecule has 0 spiro atoms. The van der Waals surface area contributed by atoms with Crippen LogP contribution in [0.15, 0.2) is 78.9 Å². The average Bonchev–Trinajstić information content (AvgIpc) is 2.62. The Balaban J connectivity index is 1.83. The van der Waals surface area contributed by atoms with Crippen molar-refractivity contribution in [1.82, 2.24) is 0 Å². The van der Waals surface area contributed by atoms with Crippen molar-refractivity contribution in [1.29, 1.82) is 0 Å². The van der Waals surface area contributed by atoms with E-state index in [4.69, 9.17) is 0 Å². The van der Waals surface area contributed by atoms with Crippen LogP contribution in [0.25, 0.3) is 22.3 Å². The number of hydrogen-bond acceptors (Lipinski definition) is 0. The van der Waals surface area contributed by atoms with Crippen molar-refractivity contribution < 1.29 is 13.2 Å². The van der Waals surface area contributed by atoms with Crippen LogP contribution in [0.3, 0.4) is 0 Å². The van der Waals surface area contributed by atoms with Gasteiger partial charge in [0.2, 0.25) is 0 Å². The first-order valence-electron chi connectivity index (χ1n) is 8.58. The third-order valence-corrected chi connectivity index (χ3v) is 4.67. The summed E-state index contributed by atoms with van der Waals surface area (Å²) in [5.41, 5.74) is 3.25. The van der Waals surface area contributed by atoms with Gasteiger partial charge in [-0.05, 0) is 40.3 Å². The lowest BCUT2D eigenvalue weighted by Gasteiger charge is -2.27. The molecular weight excluding hydrogens is 333 g/mol. The normalized spacial score (nSPS) is 12.2. The fourth-order valence-electron chi connectivity index (χ4n) is 2.93. The fraction of sp³-hybridized carbons (Fsp3) is 0.217. The van der Waals surface area contributed by atoms with Crippen molar-refractivity contribution in [2.24, 2.45) is 5.41 Å². The third-order valence-electron chi connectivity index (χ3n) is 4.67. The summed E-state index contributed by atoms with van der Waals surface area (Å²) in [5, 5.41) is 0. The average molecular weight is 354 g/mol. The van der Waals surface area contributed by atoms with E-state index in [-0.39, 0.29) is 6.42 Å². The largest absolute Gasteiger partial charge is 0.394 e. The van der Waals surface area contributed by atoms with Gasteiger partial charge in [0.05, 0.1) is 5.41 Å². The molecule has 0 amide bonds. The smallest absolute Gasteiger partial charge is 0.171 e. The van der Waals surface area contributed by atoms with Gasteiger partial charge in [0, 0.05) is 0 Å². The zero-order chi connectivity index (χ0) is 18.8. The molecule has 0 saturated heterocycles. The van der Waals surface area contributed by atoms with Crippen molar-refractivity contribution >= 4 is 0 Å². The van der Waals surface area contributed by atoms with E-state index in [0.29, 0.717) is 5.56 Å². The van der Waals surface area contributed by atoms with Crippen LogP contribution in [0, 0.1) is 5.41 Å². The maximum Gasteiger partial charge on any atom is 0.394 e. The molecule has 0 aromatic heterocycles. The Morgan fingerprint density at radius 1 is 0.615 bits per heavy atom. The third kappa shape index (κ3) is 3.98. The molecule has 0 bridgehead atoms. The quantitative estimate of drug-likeness (QED) is 0.466. The molecule has 0 aliphatic heterocycles. The standard InChI is InChI=1S/C23H21F3/c1-22(2,23(24,25)26)16-17-11-13-19(14-12-17)21-10-6-9-20(15-21)18-7-4-3-5-8-18/h3-15H,16H2,1-2H3. The molecule has 26 heavy (non-hydrogen) atoms. The second kappa shape index (κ2) is 6.99. The van der Waals surface area contributed by atoms with E-state index in [0.717, 1.165) is 22.3 Å². The maximum absolute atomic E-state index is 13.1. The summed E-state index contributed by atoms with van der Waals surface area (Å²) in [5.74, 6) is 0. The van der Waals surface area contributed by atoms with Gasteiger partial charge in [0.1, 0.15) is 0 Å². The van der Waals surface area contributed by atoms with E-state index in [1.54, 1.807) is 12.1 Å². The molecule has 0 fully saturated rings. The number of rotatable bonds is 4. The van der Waals surface area contributed by atoms with E-state index >= 15 is 0 Å². The number of hydrogen-bond donors (Lipinski definition) is 0. The summed E-state index contributed by atoms with van der Waals surface area (Å²) < 4.78 is 39.2. The van der Waals surface area contributed by atoms with E-state index < -0.39 is 11.6 Å². The van der Waals surface area contributed by atoms with E-state index in [9.17, 15) is 13.2 Å². The predicted octanol–water partition coefficient (Wildman–Crippen LogP) is 7.15. The van der Waals surface area contributed by atoms with Crippen molar-refractivity contribution in [3.8, 4) is 22.3 Å². The Hall–Kier alpha value is -2.55. The van der Waals surface area contributed by atoms with Crippen molar-refractivity contribution in [2.75, 3.05) is 0 Å². The SMILES string of the molecule is CC(C)(Cc1ccc(-c2cccc(-c3ccccc3)c2)cc1)C(F)(F)F. The highest BCUT2D eigenvalue weighted by atomic mass is 19.4. The van der Waals surface area contributed by atoms with Crippen LogP contribution in [0.2, 0.25) is 0 Å². The summed E-state index contributed by atoms with van der Waals surface area (Å²) in [7, 11) is 0. The molecule has 0 nitrogen and oxygen atoms in total. The summed E-state index contributed by atoms with van der Waals surface area (Å²) in [6.07, 6.45) is -4.24. The highest BCUT2D eigenvalue weighted by Gasteiger charge is 2.46. The molecule has 3 aromatic rings. The Labute approximate surface area is 152 Å². The van der Waals surface area contributed by atoms with Gasteiger partial charge < -0.3 is 0 Å². The van der Waals surface area contributed by atoms with Gasteiger partial charge in [-0.15, -0.1) is 0 Å². The monoisotopic (exact) mass is 354 g/mol. The molecule has 0 heterocycles. The lowest BCUT2D eigenvalue weighted by Crippen LogP contribution is -2.34. The van der Waals surface area contributed by atoms with Crippen LogP contribution in [-0.2, 0) is 6.42 Å². The topological polar surface area (TPSA) is 0 Å². The molecule has 0 unspecified atom stereocenters. The Kier molecular flexibility index (Phi) is 4.90. The van der Waals surface area contributed by atoms with E-state index in [2.05, 4.69) is 24.3 Å². The van der Waals surface area contributed by atoms with Crippen LogP contribution >= 0.6 is 0 Å². The molecule has 3 aromatic carbocycles. The lowest BCUT2D eigenvalue weighted by atomic mass is 9.84. The Morgan fingerprint density at radius 2 is 1.12 bits per heavy atom. The summed E-state index contributed by atoms with van der Waals surface area (Å²) in [6, 6.07) is 25.6. The minimum absolute atomic E-state index is 0.0269. The number of alkyl halides is 3. The molecule has 3 heteroatoms. The lowest BCUT2D eigenvalue weighted by molar-refractivity contribution is -0.211. The van der Waals surface area contributed by atoms with E-state index in [1.807, 2.05) is 42.5 Å². The van der Waals surface area contributed by atoms with Gasteiger partial charge in [-0.1, -0.05) is 86.6 Å². The molecule has 0 aliphatic carbocycles. The second-order valence-electron chi connectivity index (χ2n) is 7.20. The molecule has 3 rings (SSSR count). The highest BCUT2D eigenvalue weighted by molar-refractivity contribution is 5.73. The first-order valence-corrected chi connectivity index (χ1v) is 8.58. The minimum Gasteiger partial charge on any atom is -0.171 e. The van der Waals surface area contributed by atoms with Crippen LogP contribution in [0.5, 0.6) is 0 Å². The van der Waals surface area contributed by atoms with Crippen molar-refractivity contribution in [3.63, 3.8) is 0 Å². The van der Waals surface area contributed by atoms with Gasteiger partial charge in [0.25, 0.3) is 0 Å². The van der Waals surface area contributed by atoms with Gasteiger partial charge in [-0.25, -0.2) is 0 Å². The van der Waals surface area contributed by atoms with Crippen molar-refractivity contribution in [3.05, 3.63) is 84.4 Å². The first kappa shape index (κ1) is 18.2. The zero-order valence-corrected chi connectivity index (χ0v) is 14.8. The molecule has 0 radical (unpaired) electrons. The first-order chi connectivity index (χ1) is 12.3. The second-order valence-corrected chi connectivity index (χ2v) is 7.20. The van der Waals surface area contributed by atoms with Crippen LogP contribution in [0.1, 0.15) is 19.4 Å². The fourth-order valence-corrected chi connectivity index (χ4v) is 2.93. The van der Waals surface area contributed by atoms with Crippen molar-refractivity contribution in [2.45, 2.75) is 26.4 Å². The minimum atomic E-state index is -4.21. The number of benzene rings is 3. The zero-order valence-electron chi connectivity index (χ0n) is 14.8. The Bertz CT molecular complexity index is 860. The van der Waals surface area contributed by atoms with Crippen LogP contribution in [0.4, 0.5) is 13.2 Å². The van der Waals surface area contributed by atoms with Crippen LogP contribution < -0.4 is 0 Å². The van der Waals surface area contributed by atoms with Gasteiger partial charge in [0.15, 0.2) is 0 Å². The molecule has 0 N–H and O–H groups in total. The highest BCUT2D eigenvalue weighted by Crippen LogP contribution is 2.40. The molecular formula is C23H21F3. The molecule has 0 aliphatic rings. The van der Waals surface area contributed by atoms with Gasteiger partial charge in [-0.2, -0.15) is 13.2 Å². The molecule has 134 valence electrons. The van der Waals surface area contributed by atoms with Gasteiger partial charge in [-0.3, -0.25) is 0 Å². The molecule has 0 saturated carbocycles. The summed E-state index contributed by atoms with van der Waals surface area (Å²) in [4.78, 5) is 0. The maximum atomic E-state index is 13.1. The van der Waals surface area contributed by atoms with E-state index in [1.165, 1.54) is 13.8 Å². The molecule has 0 atom stereocenters. The van der Waals surface area contributed by atoms with Crippen LogP contribution in [-0.4, -0.2) is 6.18 Å². The predicted molar refractivity (Wildman–Crippen MR) is 101 cm³/mol. The summed E-state index contributed by atoms with van der Waals surface area (Å²) >= 11 is 0.